The summed E-state index contributed by atoms with van der Waals surface area (Å²) in [5.41, 5.74) is 0.543. The van der Waals surface area contributed by atoms with Crippen LogP contribution in [0.1, 0.15) is 34.6 Å². The summed E-state index contributed by atoms with van der Waals surface area (Å²) >= 11 is 3.29. The molecule has 24 heavy (non-hydrogen) atoms. The summed E-state index contributed by atoms with van der Waals surface area (Å²) < 4.78 is 16.4. The number of hydrogen-bond acceptors (Lipinski definition) is 5. The number of ether oxygens (including phenoxy) is 3. The van der Waals surface area contributed by atoms with E-state index < -0.39 is 11.9 Å². The fraction of sp³-hybridized carbons (Fsp3) is 0.222. The number of hydrogen-bond donors (Lipinski definition) is 0. The molecule has 0 fully saturated rings. The van der Waals surface area contributed by atoms with Gasteiger partial charge in [0.1, 0.15) is 17.1 Å². The first-order valence-corrected chi connectivity index (χ1v) is 8.26. The lowest BCUT2D eigenvalue weighted by Crippen LogP contribution is -2.13. The Balaban J connectivity index is 2.20. The summed E-state index contributed by atoms with van der Waals surface area (Å²) in [5, 5.41) is 0. The predicted octanol–water partition coefficient (Wildman–Crippen LogP) is 4.24. The lowest BCUT2D eigenvalue weighted by atomic mass is 10.2. The highest BCUT2D eigenvalue weighted by molar-refractivity contribution is 9.10. The number of esters is 2. The maximum Gasteiger partial charge on any atom is 0.343 e. The average molecular weight is 393 g/mol. The monoisotopic (exact) mass is 392 g/mol. The number of carbonyl (C=O) groups is 2. The zero-order chi connectivity index (χ0) is 17.5. The fourth-order valence-electron chi connectivity index (χ4n) is 1.97. The Kier molecular flexibility index (Phi) is 6.37. The number of benzene rings is 2. The Bertz CT molecular complexity index is 725. The first-order valence-electron chi connectivity index (χ1n) is 7.46. The summed E-state index contributed by atoms with van der Waals surface area (Å²) in [4.78, 5) is 24.3. The summed E-state index contributed by atoms with van der Waals surface area (Å²) in [6.07, 6.45) is 0. The maximum atomic E-state index is 12.3. The van der Waals surface area contributed by atoms with E-state index in [1.165, 1.54) is 0 Å². The van der Waals surface area contributed by atoms with Crippen LogP contribution in [0, 0.1) is 0 Å². The van der Waals surface area contributed by atoms with E-state index >= 15 is 0 Å². The van der Waals surface area contributed by atoms with Crippen LogP contribution in [0.4, 0.5) is 0 Å². The van der Waals surface area contributed by atoms with Crippen LogP contribution < -0.4 is 9.47 Å². The smallest absolute Gasteiger partial charge is 0.343 e. The van der Waals surface area contributed by atoms with Crippen LogP contribution in [0.25, 0.3) is 0 Å². The minimum absolute atomic E-state index is 0.149. The van der Waals surface area contributed by atoms with Gasteiger partial charge in [-0.25, -0.2) is 9.59 Å². The highest BCUT2D eigenvalue weighted by Crippen LogP contribution is 2.25. The molecule has 0 atom stereocenters. The Hall–Kier alpha value is -2.34. The van der Waals surface area contributed by atoms with Crippen LogP contribution in [0.2, 0.25) is 0 Å². The van der Waals surface area contributed by atoms with Gasteiger partial charge < -0.3 is 14.2 Å². The molecule has 0 saturated heterocycles. The second kappa shape index (κ2) is 8.49. The summed E-state index contributed by atoms with van der Waals surface area (Å²) in [6.45, 7) is 4.37. The van der Waals surface area contributed by atoms with Crippen molar-refractivity contribution in [2.45, 2.75) is 13.8 Å². The normalized spacial score (nSPS) is 10.1. The molecule has 6 heteroatoms. The van der Waals surface area contributed by atoms with Crippen molar-refractivity contribution in [2.75, 3.05) is 13.2 Å². The van der Waals surface area contributed by atoms with Gasteiger partial charge in [0.15, 0.2) is 0 Å². The topological polar surface area (TPSA) is 61.8 Å². The van der Waals surface area contributed by atoms with Crippen LogP contribution in [-0.2, 0) is 4.74 Å². The van der Waals surface area contributed by atoms with Crippen molar-refractivity contribution < 1.29 is 23.8 Å². The van der Waals surface area contributed by atoms with Crippen molar-refractivity contribution in [1.82, 2.24) is 0 Å². The van der Waals surface area contributed by atoms with Gasteiger partial charge in [0.2, 0.25) is 0 Å². The van der Waals surface area contributed by atoms with Crippen LogP contribution in [0.5, 0.6) is 11.5 Å². The van der Waals surface area contributed by atoms with Crippen LogP contribution in [0.15, 0.2) is 46.9 Å². The molecule has 5 nitrogen and oxygen atoms in total. The highest BCUT2D eigenvalue weighted by atomic mass is 79.9. The molecule has 0 bridgehead atoms. The van der Waals surface area contributed by atoms with Gasteiger partial charge in [-0.05, 0) is 56.3 Å². The molecule has 0 amide bonds. The second-order valence-electron chi connectivity index (χ2n) is 4.71. The summed E-state index contributed by atoms with van der Waals surface area (Å²) in [7, 11) is 0. The zero-order valence-electron chi connectivity index (χ0n) is 13.4. The molecule has 2 aromatic carbocycles. The minimum Gasteiger partial charge on any atom is -0.494 e. The molecule has 0 heterocycles. The van der Waals surface area contributed by atoms with Gasteiger partial charge in [-0.3, -0.25) is 0 Å². The number of halogens is 1. The predicted molar refractivity (Wildman–Crippen MR) is 92.7 cm³/mol. The lowest BCUT2D eigenvalue weighted by molar-refractivity contribution is 0.0520. The van der Waals surface area contributed by atoms with Gasteiger partial charge >= 0.3 is 11.9 Å². The molecule has 0 aliphatic carbocycles. The Morgan fingerprint density at radius 1 is 0.958 bits per heavy atom. The van der Waals surface area contributed by atoms with E-state index in [9.17, 15) is 9.59 Å². The second-order valence-corrected chi connectivity index (χ2v) is 5.62. The molecule has 0 aliphatic rings. The third-order valence-electron chi connectivity index (χ3n) is 3.04. The zero-order valence-corrected chi connectivity index (χ0v) is 15.0. The Morgan fingerprint density at radius 2 is 1.67 bits per heavy atom. The molecule has 0 N–H and O–H groups in total. The Morgan fingerprint density at radius 3 is 2.29 bits per heavy atom. The van der Waals surface area contributed by atoms with Gasteiger partial charge in [0.05, 0.1) is 18.8 Å². The Labute approximate surface area is 148 Å². The van der Waals surface area contributed by atoms with Gasteiger partial charge in [-0.1, -0.05) is 15.9 Å². The van der Waals surface area contributed by atoms with Crippen LogP contribution >= 0.6 is 15.9 Å². The molecular formula is C18H17BrO5. The van der Waals surface area contributed by atoms with Gasteiger partial charge in [0, 0.05) is 4.47 Å². The average Bonchev–Trinajstić information content (AvgIpc) is 2.57. The quantitative estimate of drug-likeness (QED) is 0.543. The van der Waals surface area contributed by atoms with Crippen molar-refractivity contribution in [3.63, 3.8) is 0 Å². The molecule has 2 aromatic rings. The summed E-state index contributed by atoms with van der Waals surface area (Å²) in [5.74, 6) is -0.292. The molecule has 0 aromatic heterocycles. The number of carbonyl (C=O) groups excluding carboxylic acids is 2. The maximum absolute atomic E-state index is 12.3. The fourth-order valence-corrected chi connectivity index (χ4v) is 2.33. The summed E-state index contributed by atoms with van der Waals surface area (Å²) in [6, 6.07) is 11.4. The van der Waals surface area contributed by atoms with Crippen molar-refractivity contribution in [3.8, 4) is 11.5 Å². The van der Waals surface area contributed by atoms with Gasteiger partial charge in [0.25, 0.3) is 0 Å². The molecular weight excluding hydrogens is 376 g/mol. The van der Waals surface area contributed by atoms with Gasteiger partial charge in [-0.2, -0.15) is 0 Å². The molecule has 0 unspecified atom stereocenters. The van der Waals surface area contributed by atoms with Crippen LogP contribution in [-0.4, -0.2) is 25.2 Å². The third-order valence-corrected chi connectivity index (χ3v) is 3.53. The van der Waals surface area contributed by atoms with E-state index in [0.29, 0.717) is 22.4 Å². The lowest BCUT2D eigenvalue weighted by Gasteiger charge is -2.10. The SMILES string of the molecule is CCOC(=O)c1cc(Br)ccc1OC(=O)c1ccc(OCC)cc1. The van der Waals surface area contributed by atoms with Gasteiger partial charge in [-0.15, -0.1) is 0 Å². The van der Waals surface area contributed by atoms with Crippen molar-refractivity contribution in [3.05, 3.63) is 58.1 Å². The van der Waals surface area contributed by atoms with E-state index in [1.54, 1.807) is 49.4 Å². The largest absolute Gasteiger partial charge is 0.494 e. The molecule has 126 valence electrons. The molecule has 0 saturated carbocycles. The molecule has 2 rings (SSSR count). The van der Waals surface area contributed by atoms with Crippen LogP contribution in [0.3, 0.4) is 0 Å². The highest BCUT2D eigenvalue weighted by Gasteiger charge is 2.18. The van der Waals surface area contributed by atoms with Crippen molar-refractivity contribution in [2.24, 2.45) is 0 Å². The van der Waals surface area contributed by atoms with E-state index in [4.69, 9.17) is 14.2 Å². The van der Waals surface area contributed by atoms with Crippen molar-refractivity contribution >= 4 is 27.9 Å². The standard InChI is InChI=1S/C18H17BrO5/c1-3-22-14-8-5-12(6-9-14)17(20)24-16-10-7-13(19)11-15(16)18(21)23-4-2/h5-11H,3-4H2,1-2H3. The first kappa shape index (κ1) is 18.0. The molecule has 0 radical (unpaired) electrons. The minimum atomic E-state index is -0.564. The molecule has 0 aliphatic heterocycles. The van der Waals surface area contributed by atoms with E-state index in [2.05, 4.69) is 15.9 Å². The third kappa shape index (κ3) is 4.58. The van der Waals surface area contributed by atoms with E-state index in [0.717, 1.165) is 0 Å². The molecule has 0 spiro atoms. The van der Waals surface area contributed by atoms with Crippen molar-refractivity contribution in [1.29, 1.82) is 0 Å². The first-order chi connectivity index (χ1) is 11.5. The van der Waals surface area contributed by atoms with E-state index in [1.807, 2.05) is 6.92 Å². The number of rotatable bonds is 6. The van der Waals surface area contributed by atoms with E-state index in [-0.39, 0.29) is 17.9 Å².